The Labute approximate surface area is 215 Å². The van der Waals surface area contributed by atoms with Crippen LogP contribution in [-0.2, 0) is 23.2 Å². The molecule has 1 atom stereocenters. The van der Waals surface area contributed by atoms with Crippen LogP contribution in [0.2, 0.25) is 0 Å². The highest BCUT2D eigenvalue weighted by Gasteiger charge is 2.39. The van der Waals surface area contributed by atoms with Crippen LogP contribution in [-0.4, -0.2) is 29.2 Å². The second-order valence-electron chi connectivity index (χ2n) is 9.13. The number of ether oxygens (including phenoxy) is 1. The lowest BCUT2D eigenvalue weighted by atomic mass is 10.0. The molecule has 0 unspecified atom stereocenters. The Morgan fingerprint density at radius 1 is 1.06 bits per heavy atom. The molecule has 1 aliphatic rings. The second-order valence-corrected chi connectivity index (χ2v) is 10.1. The van der Waals surface area contributed by atoms with Crippen LogP contribution >= 0.6 is 11.8 Å². The van der Waals surface area contributed by atoms with Gasteiger partial charge in [-0.15, -0.1) is 0 Å². The molecule has 0 saturated heterocycles. The molecular formula is C29H29N3O3S. The zero-order valence-electron chi connectivity index (χ0n) is 20.9. The molecule has 3 aromatic carbocycles. The predicted octanol–water partition coefficient (Wildman–Crippen LogP) is 5.30. The first kappa shape index (κ1) is 24.0. The first-order valence-corrected chi connectivity index (χ1v) is 12.9. The molecule has 36 heavy (non-hydrogen) atoms. The minimum Gasteiger partial charge on any atom is -0.496 e. The molecule has 0 radical (unpaired) electrons. The summed E-state index contributed by atoms with van der Waals surface area (Å²) in [7, 11) is 3.61. The van der Waals surface area contributed by atoms with E-state index in [-0.39, 0.29) is 17.6 Å². The van der Waals surface area contributed by atoms with E-state index in [0.29, 0.717) is 12.3 Å². The number of fused-ring (bicyclic) bond motifs is 3. The zero-order valence-corrected chi connectivity index (χ0v) is 21.7. The number of aryl methyl sites for hydroxylation is 3. The third-order valence-electron chi connectivity index (χ3n) is 6.60. The van der Waals surface area contributed by atoms with Gasteiger partial charge in [-0.25, -0.2) is 0 Å². The molecule has 6 nitrogen and oxygen atoms in total. The van der Waals surface area contributed by atoms with Gasteiger partial charge in [-0.05, 0) is 49.2 Å². The summed E-state index contributed by atoms with van der Waals surface area (Å²) >= 11 is 1.49. The van der Waals surface area contributed by atoms with Crippen molar-refractivity contribution in [2.75, 3.05) is 17.8 Å². The van der Waals surface area contributed by atoms with Gasteiger partial charge in [0.25, 0.3) is 0 Å². The molecule has 1 aliphatic heterocycles. The molecule has 1 N–H and O–H groups in total. The van der Waals surface area contributed by atoms with Crippen molar-refractivity contribution in [2.24, 2.45) is 7.05 Å². The van der Waals surface area contributed by atoms with Crippen LogP contribution in [0, 0.1) is 13.8 Å². The Morgan fingerprint density at radius 2 is 1.75 bits per heavy atom. The van der Waals surface area contributed by atoms with Crippen LogP contribution in [0.1, 0.15) is 28.3 Å². The summed E-state index contributed by atoms with van der Waals surface area (Å²) in [5.74, 6) is 0.638. The van der Waals surface area contributed by atoms with Crippen molar-refractivity contribution >= 4 is 40.2 Å². The van der Waals surface area contributed by atoms with Crippen LogP contribution in [0.5, 0.6) is 5.75 Å². The maximum absolute atomic E-state index is 14.1. The van der Waals surface area contributed by atoms with Gasteiger partial charge in [-0.2, -0.15) is 0 Å². The number of thioether (sulfide) groups is 1. The summed E-state index contributed by atoms with van der Waals surface area (Å²) in [5, 5.41) is 5.02. The summed E-state index contributed by atoms with van der Waals surface area (Å²) in [5.41, 5.74) is 5.59. The van der Waals surface area contributed by atoms with Gasteiger partial charge in [0.1, 0.15) is 11.8 Å². The van der Waals surface area contributed by atoms with E-state index in [2.05, 4.69) is 22.0 Å². The maximum Gasteiger partial charge on any atom is 0.248 e. The van der Waals surface area contributed by atoms with Crippen molar-refractivity contribution < 1.29 is 14.3 Å². The highest BCUT2D eigenvalue weighted by Crippen LogP contribution is 2.43. The Kier molecular flexibility index (Phi) is 6.49. The minimum absolute atomic E-state index is 0.0947. The Balaban J connectivity index is 1.66. The Bertz CT molecular complexity index is 1460. The second kappa shape index (κ2) is 9.74. The number of nitrogens with zero attached hydrogens (tertiary/aromatic N) is 2. The number of benzene rings is 3. The molecule has 2 amide bonds. The number of amides is 2. The molecule has 0 fully saturated rings. The molecular weight excluding hydrogens is 470 g/mol. The zero-order chi connectivity index (χ0) is 25.4. The Morgan fingerprint density at radius 3 is 2.50 bits per heavy atom. The molecule has 0 saturated carbocycles. The van der Waals surface area contributed by atoms with Gasteiger partial charge in [0.05, 0.1) is 17.9 Å². The van der Waals surface area contributed by atoms with Crippen LogP contribution in [0.25, 0.3) is 10.9 Å². The van der Waals surface area contributed by atoms with Crippen LogP contribution in [0.4, 0.5) is 5.69 Å². The molecule has 0 aliphatic carbocycles. The van der Waals surface area contributed by atoms with Gasteiger partial charge in [-0.1, -0.05) is 54.2 Å². The molecule has 2 heterocycles. The van der Waals surface area contributed by atoms with E-state index in [0.717, 1.165) is 43.9 Å². The van der Waals surface area contributed by atoms with Gasteiger partial charge in [-0.3, -0.25) is 14.5 Å². The van der Waals surface area contributed by atoms with Crippen molar-refractivity contribution in [1.29, 1.82) is 0 Å². The van der Waals surface area contributed by atoms with E-state index in [1.807, 2.05) is 75.5 Å². The van der Waals surface area contributed by atoms with E-state index in [1.54, 1.807) is 12.0 Å². The number of rotatable bonds is 5. The number of nitrogens with one attached hydrogen (secondary N) is 1. The lowest BCUT2D eigenvalue weighted by molar-refractivity contribution is -0.125. The van der Waals surface area contributed by atoms with Crippen molar-refractivity contribution in [3.8, 4) is 5.75 Å². The van der Waals surface area contributed by atoms with Crippen molar-refractivity contribution in [1.82, 2.24) is 9.88 Å². The van der Waals surface area contributed by atoms with Crippen LogP contribution < -0.4 is 15.0 Å². The van der Waals surface area contributed by atoms with Gasteiger partial charge in [0, 0.05) is 41.3 Å². The maximum atomic E-state index is 14.1. The molecule has 5 rings (SSSR count). The number of hydrogen-bond acceptors (Lipinski definition) is 4. The Hall–Kier alpha value is -3.71. The number of carbonyl (C=O) groups is 2. The fourth-order valence-electron chi connectivity index (χ4n) is 5.07. The fourth-order valence-corrected chi connectivity index (χ4v) is 6.14. The molecule has 184 valence electrons. The van der Waals surface area contributed by atoms with Crippen molar-refractivity contribution in [3.63, 3.8) is 0 Å². The van der Waals surface area contributed by atoms with Gasteiger partial charge in [0.15, 0.2) is 0 Å². The van der Waals surface area contributed by atoms with E-state index >= 15 is 0 Å². The van der Waals surface area contributed by atoms with Gasteiger partial charge in [0.2, 0.25) is 11.8 Å². The van der Waals surface area contributed by atoms with Crippen molar-refractivity contribution in [2.45, 2.75) is 31.5 Å². The fraction of sp³-hybridized carbons (Fsp3) is 0.241. The molecule has 1 aromatic heterocycles. The molecule has 7 heteroatoms. The van der Waals surface area contributed by atoms with Crippen molar-refractivity contribution in [3.05, 3.63) is 89.0 Å². The molecule has 4 aromatic rings. The standard InChI is InChI=1S/C29H29N3O3S/c1-18-13-19(2)15-21(14-18)32-25(33)17-36-29-26(22-10-6-7-11-23(22)31(29)3)27(32)28(34)30-16-20-9-5-8-12-24(20)35-4/h5-15,27H,16-17H2,1-4H3,(H,30,34)/t27-/m1/s1. The summed E-state index contributed by atoms with van der Waals surface area (Å²) < 4.78 is 7.56. The number of anilines is 1. The summed E-state index contributed by atoms with van der Waals surface area (Å²) in [4.78, 5) is 29.4. The number of para-hydroxylation sites is 2. The quantitative estimate of drug-likeness (QED) is 0.405. The van der Waals surface area contributed by atoms with E-state index in [9.17, 15) is 9.59 Å². The van der Waals surface area contributed by atoms with E-state index in [4.69, 9.17) is 4.74 Å². The predicted molar refractivity (Wildman–Crippen MR) is 145 cm³/mol. The summed E-state index contributed by atoms with van der Waals surface area (Å²) in [6, 6.07) is 20.9. The number of aromatic nitrogens is 1. The lowest BCUT2D eigenvalue weighted by Gasteiger charge is -2.30. The average molecular weight is 500 g/mol. The van der Waals surface area contributed by atoms with Crippen LogP contribution in [0.3, 0.4) is 0 Å². The highest BCUT2D eigenvalue weighted by atomic mass is 32.2. The smallest absolute Gasteiger partial charge is 0.248 e. The summed E-state index contributed by atoms with van der Waals surface area (Å²) in [6.45, 7) is 4.31. The third kappa shape index (κ3) is 4.24. The third-order valence-corrected chi connectivity index (χ3v) is 7.76. The molecule has 0 bridgehead atoms. The number of carbonyl (C=O) groups excluding carboxylic acids is 2. The van der Waals surface area contributed by atoms with E-state index in [1.165, 1.54) is 11.8 Å². The topological polar surface area (TPSA) is 63.6 Å². The largest absolute Gasteiger partial charge is 0.496 e. The first-order valence-electron chi connectivity index (χ1n) is 11.9. The monoisotopic (exact) mass is 499 g/mol. The minimum atomic E-state index is -0.815. The average Bonchev–Trinajstić information content (AvgIpc) is 3.04. The number of hydrogen-bond donors (Lipinski definition) is 1. The SMILES string of the molecule is COc1ccccc1CNC(=O)[C@H]1c2c(n(C)c3ccccc23)SCC(=O)N1c1cc(C)cc(C)c1. The lowest BCUT2D eigenvalue weighted by Crippen LogP contribution is -2.44. The normalized spacial score (nSPS) is 15.5. The molecule has 0 spiro atoms. The van der Waals surface area contributed by atoms with Gasteiger partial charge < -0.3 is 14.6 Å². The summed E-state index contributed by atoms with van der Waals surface area (Å²) in [6.07, 6.45) is 0. The van der Waals surface area contributed by atoms with Gasteiger partial charge >= 0.3 is 0 Å². The first-order chi connectivity index (χ1) is 17.4. The number of methoxy groups -OCH3 is 1. The van der Waals surface area contributed by atoms with Crippen LogP contribution in [0.15, 0.2) is 71.8 Å². The highest BCUT2D eigenvalue weighted by molar-refractivity contribution is 8.00. The van der Waals surface area contributed by atoms with E-state index < -0.39 is 6.04 Å².